The fourth-order valence-electron chi connectivity index (χ4n) is 3.54. The van der Waals surface area contributed by atoms with E-state index >= 15 is 0 Å². The number of hydrogen-bond acceptors (Lipinski definition) is 3. The van der Waals surface area contributed by atoms with Gasteiger partial charge in [-0.05, 0) is 30.7 Å². The molecule has 2 heterocycles. The lowest BCUT2D eigenvalue weighted by Gasteiger charge is -2.21. The van der Waals surface area contributed by atoms with E-state index in [1.807, 2.05) is 30.3 Å². The molecule has 1 amide bonds. The Kier molecular flexibility index (Phi) is 5.91. The molecular formula is C20H28N4O2. The van der Waals surface area contributed by atoms with Crippen LogP contribution in [0.25, 0.3) is 0 Å². The quantitative estimate of drug-likeness (QED) is 0.865. The van der Waals surface area contributed by atoms with Crippen LogP contribution < -0.4 is 11.0 Å². The predicted octanol–water partition coefficient (Wildman–Crippen LogP) is 2.67. The fraction of sp³-hybridized carbons (Fsp3) is 0.550. The molecular weight excluding hydrogens is 328 g/mol. The van der Waals surface area contributed by atoms with Crippen LogP contribution in [0.2, 0.25) is 0 Å². The summed E-state index contributed by atoms with van der Waals surface area (Å²) in [6, 6.07) is 9.92. The molecule has 0 radical (unpaired) electrons. The van der Waals surface area contributed by atoms with Gasteiger partial charge in [0.1, 0.15) is 12.4 Å². The molecule has 0 bridgehead atoms. The number of hydrogen-bond donors (Lipinski definition) is 1. The van der Waals surface area contributed by atoms with E-state index in [0.717, 1.165) is 43.5 Å². The van der Waals surface area contributed by atoms with Crippen LogP contribution in [-0.4, -0.2) is 20.3 Å². The zero-order valence-electron chi connectivity index (χ0n) is 15.6. The van der Waals surface area contributed by atoms with E-state index in [2.05, 4.69) is 24.3 Å². The largest absolute Gasteiger partial charge is 0.348 e. The summed E-state index contributed by atoms with van der Waals surface area (Å²) in [5.41, 5.74) is 0.916. The van der Waals surface area contributed by atoms with Crippen molar-refractivity contribution in [1.29, 1.82) is 0 Å². The molecule has 6 nitrogen and oxygen atoms in total. The van der Waals surface area contributed by atoms with Crippen LogP contribution in [0.15, 0.2) is 35.1 Å². The van der Waals surface area contributed by atoms with E-state index in [1.165, 1.54) is 4.68 Å². The van der Waals surface area contributed by atoms with Crippen molar-refractivity contribution in [1.82, 2.24) is 19.7 Å². The monoisotopic (exact) mass is 356 g/mol. The van der Waals surface area contributed by atoms with Gasteiger partial charge in [-0.2, -0.15) is 5.10 Å². The van der Waals surface area contributed by atoms with Gasteiger partial charge in [-0.1, -0.05) is 50.6 Å². The zero-order valence-corrected chi connectivity index (χ0v) is 15.6. The molecule has 0 unspecified atom stereocenters. The molecule has 2 aromatic rings. The van der Waals surface area contributed by atoms with Gasteiger partial charge in [0.2, 0.25) is 5.91 Å². The molecule has 1 atom stereocenters. The Morgan fingerprint density at radius 1 is 1.19 bits per heavy atom. The minimum absolute atomic E-state index is 0.0275. The highest BCUT2D eigenvalue weighted by molar-refractivity contribution is 5.76. The molecule has 1 aliphatic rings. The highest BCUT2D eigenvalue weighted by Crippen LogP contribution is 2.21. The van der Waals surface area contributed by atoms with Crippen LogP contribution in [0.5, 0.6) is 0 Å². The number of amides is 1. The molecule has 140 valence electrons. The van der Waals surface area contributed by atoms with Gasteiger partial charge in [0.15, 0.2) is 0 Å². The maximum atomic E-state index is 12.6. The smallest absolute Gasteiger partial charge is 0.346 e. The number of fused-ring (bicyclic) bond motifs is 1. The summed E-state index contributed by atoms with van der Waals surface area (Å²) in [6.07, 6.45) is 4.83. The predicted molar refractivity (Wildman–Crippen MR) is 101 cm³/mol. The van der Waals surface area contributed by atoms with Gasteiger partial charge in [-0.15, -0.1) is 0 Å². The Morgan fingerprint density at radius 2 is 1.96 bits per heavy atom. The van der Waals surface area contributed by atoms with Crippen LogP contribution in [0, 0.1) is 5.92 Å². The first-order chi connectivity index (χ1) is 12.5. The standard InChI is InChI=1S/C20H28N4O2/c1-15(2)13-17(16-9-5-3-6-10-16)21-19(25)14-24-20(26)23-12-8-4-7-11-18(23)22-24/h3,5-6,9-10,15,17H,4,7-8,11-14H2,1-2H3,(H,21,25)/t17-/m0/s1. The molecule has 26 heavy (non-hydrogen) atoms. The molecule has 6 heteroatoms. The van der Waals surface area contributed by atoms with Crippen LogP contribution in [-0.2, 0) is 24.3 Å². The lowest BCUT2D eigenvalue weighted by atomic mass is 9.97. The van der Waals surface area contributed by atoms with Crippen molar-refractivity contribution in [2.24, 2.45) is 5.92 Å². The van der Waals surface area contributed by atoms with Crippen molar-refractivity contribution in [2.75, 3.05) is 0 Å². The first kappa shape index (κ1) is 18.4. The van der Waals surface area contributed by atoms with Crippen LogP contribution in [0.1, 0.15) is 57.0 Å². The summed E-state index contributed by atoms with van der Waals surface area (Å²) in [5, 5.41) is 7.48. The minimum Gasteiger partial charge on any atom is -0.348 e. The molecule has 0 spiro atoms. The van der Waals surface area contributed by atoms with E-state index in [4.69, 9.17) is 0 Å². The number of carbonyl (C=O) groups is 1. The number of rotatable bonds is 6. The second-order valence-electron chi connectivity index (χ2n) is 7.48. The van der Waals surface area contributed by atoms with E-state index in [1.54, 1.807) is 4.57 Å². The van der Waals surface area contributed by atoms with Crippen molar-refractivity contribution < 1.29 is 4.79 Å². The minimum atomic E-state index is -0.171. The molecule has 0 aliphatic carbocycles. The molecule has 0 saturated carbocycles. The van der Waals surface area contributed by atoms with E-state index < -0.39 is 0 Å². The van der Waals surface area contributed by atoms with Crippen LogP contribution in [0.4, 0.5) is 0 Å². The van der Waals surface area contributed by atoms with E-state index in [-0.39, 0.29) is 24.2 Å². The van der Waals surface area contributed by atoms with Gasteiger partial charge in [0.25, 0.3) is 0 Å². The van der Waals surface area contributed by atoms with Gasteiger partial charge in [0, 0.05) is 13.0 Å². The second kappa shape index (κ2) is 8.34. The zero-order chi connectivity index (χ0) is 18.5. The number of carbonyl (C=O) groups excluding carboxylic acids is 1. The van der Waals surface area contributed by atoms with Crippen molar-refractivity contribution in [3.8, 4) is 0 Å². The molecule has 1 N–H and O–H groups in total. The molecule has 1 aromatic carbocycles. The highest BCUT2D eigenvalue weighted by Gasteiger charge is 2.20. The summed E-state index contributed by atoms with van der Waals surface area (Å²) in [5.74, 6) is 1.09. The lowest BCUT2D eigenvalue weighted by Crippen LogP contribution is -2.36. The molecule has 3 rings (SSSR count). The van der Waals surface area contributed by atoms with Crippen molar-refractivity contribution in [3.63, 3.8) is 0 Å². The van der Waals surface area contributed by atoms with Crippen molar-refractivity contribution in [3.05, 3.63) is 52.2 Å². The summed E-state index contributed by atoms with van der Waals surface area (Å²) < 4.78 is 3.04. The normalized spacial score (nSPS) is 15.3. The van der Waals surface area contributed by atoms with Crippen molar-refractivity contribution >= 4 is 5.91 Å². The summed E-state index contributed by atoms with van der Waals surface area (Å²) >= 11 is 0. The third-order valence-electron chi connectivity index (χ3n) is 4.82. The topological polar surface area (TPSA) is 68.9 Å². The van der Waals surface area contributed by atoms with E-state index in [0.29, 0.717) is 12.5 Å². The average molecular weight is 356 g/mol. The Morgan fingerprint density at radius 3 is 2.69 bits per heavy atom. The fourth-order valence-corrected chi connectivity index (χ4v) is 3.54. The Balaban J connectivity index is 1.72. The first-order valence-corrected chi connectivity index (χ1v) is 9.55. The Labute approximate surface area is 154 Å². The third kappa shape index (κ3) is 4.42. The number of nitrogens with one attached hydrogen (secondary N) is 1. The molecule has 0 fully saturated rings. The van der Waals surface area contributed by atoms with E-state index in [9.17, 15) is 9.59 Å². The van der Waals surface area contributed by atoms with Gasteiger partial charge in [-0.3, -0.25) is 9.36 Å². The van der Waals surface area contributed by atoms with Crippen LogP contribution in [0.3, 0.4) is 0 Å². The number of aromatic nitrogens is 3. The third-order valence-corrected chi connectivity index (χ3v) is 4.82. The summed E-state index contributed by atoms with van der Waals surface area (Å²) in [7, 11) is 0. The van der Waals surface area contributed by atoms with Gasteiger partial charge in [-0.25, -0.2) is 9.48 Å². The first-order valence-electron chi connectivity index (χ1n) is 9.55. The Hall–Kier alpha value is -2.37. The molecule has 0 saturated heterocycles. The van der Waals surface area contributed by atoms with Gasteiger partial charge < -0.3 is 5.32 Å². The van der Waals surface area contributed by atoms with Crippen molar-refractivity contribution in [2.45, 2.75) is 65.1 Å². The van der Waals surface area contributed by atoms with Crippen LogP contribution >= 0.6 is 0 Å². The molecule has 1 aliphatic heterocycles. The lowest BCUT2D eigenvalue weighted by molar-refractivity contribution is -0.122. The van der Waals surface area contributed by atoms with Gasteiger partial charge in [0.05, 0.1) is 6.04 Å². The molecule has 1 aromatic heterocycles. The average Bonchev–Trinajstić information content (AvgIpc) is 2.78. The maximum absolute atomic E-state index is 12.6. The summed E-state index contributed by atoms with van der Waals surface area (Å²) in [6.45, 7) is 4.95. The van der Waals surface area contributed by atoms with Gasteiger partial charge >= 0.3 is 5.69 Å². The number of benzene rings is 1. The Bertz CT molecular complexity index is 792. The number of nitrogens with zero attached hydrogens (tertiary/aromatic N) is 3. The highest BCUT2D eigenvalue weighted by atomic mass is 16.2. The number of aryl methyl sites for hydroxylation is 1. The second-order valence-corrected chi connectivity index (χ2v) is 7.48. The maximum Gasteiger partial charge on any atom is 0.346 e. The SMILES string of the molecule is CC(C)C[C@H](NC(=O)Cn1nc2n(c1=O)CCCCC2)c1ccccc1. The summed E-state index contributed by atoms with van der Waals surface area (Å²) in [4.78, 5) is 25.1.